The first-order valence-electron chi connectivity index (χ1n) is 9.53. The Morgan fingerprint density at radius 3 is 2.24 bits per heavy atom. The first kappa shape index (κ1) is 16.5. The van der Waals surface area contributed by atoms with Crippen LogP contribution in [0.25, 0.3) is 10.9 Å². The molecule has 0 unspecified atom stereocenters. The molecule has 1 aromatic carbocycles. The van der Waals surface area contributed by atoms with Crippen LogP contribution in [0.3, 0.4) is 0 Å². The molecule has 1 heterocycles. The number of rotatable bonds is 3. The summed E-state index contributed by atoms with van der Waals surface area (Å²) >= 11 is 0. The molecule has 0 saturated heterocycles. The van der Waals surface area contributed by atoms with Gasteiger partial charge in [-0.15, -0.1) is 0 Å². The van der Waals surface area contributed by atoms with Gasteiger partial charge in [0.1, 0.15) is 5.82 Å². The van der Waals surface area contributed by atoms with Crippen LogP contribution in [0, 0.1) is 12.7 Å². The quantitative estimate of drug-likeness (QED) is 0.787. The van der Waals surface area contributed by atoms with Crippen molar-refractivity contribution in [2.75, 3.05) is 0 Å². The van der Waals surface area contributed by atoms with Gasteiger partial charge in [-0.2, -0.15) is 0 Å². The SMILES string of the molecule is Cc1cc(C(=O)N(C2CCCC2)C2CCCC2)c2ccc(F)cc2n1. The van der Waals surface area contributed by atoms with E-state index in [0.29, 0.717) is 23.2 Å². The van der Waals surface area contributed by atoms with Crippen LogP contribution in [0.2, 0.25) is 0 Å². The molecule has 0 spiro atoms. The summed E-state index contributed by atoms with van der Waals surface area (Å²) in [6.07, 6.45) is 9.28. The number of carbonyl (C=O) groups is 1. The van der Waals surface area contributed by atoms with Gasteiger partial charge in [-0.3, -0.25) is 9.78 Å². The summed E-state index contributed by atoms with van der Waals surface area (Å²) in [5, 5.41) is 0.762. The summed E-state index contributed by atoms with van der Waals surface area (Å²) in [4.78, 5) is 20.2. The fraction of sp³-hybridized carbons (Fsp3) is 0.524. The minimum absolute atomic E-state index is 0.112. The fourth-order valence-electron chi connectivity index (χ4n) is 4.64. The molecule has 2 fully saturated rings. The van der Waals surface area contributed by atoms with E-state index in [-0.39, 0.29) is 11.7 Å². The summed E-state index contributed by atoms with van der Waals surface area (Å²) < 4.78 is 13.6. The summed E-state index contributed by atoms with van der Waals surface area (Å²) in [5.41, 5.74) is 2.02. The average Bonchev–Trinajstić information content (AvgIpc) is 3.28. The van der Waals surface area contributed by atoms with E-state index < -0.39 is 0 Å². The van der Waals surface area contributed by atoms with Crippen molar-refractivity contribution in [3.05, 3.63) is 41.3 Å². The second-order valence-corrected chi connectivity index (χ2v) is 7.56. The minimum Gasteiger partial charge on any atom is -0.333 e. The zero-order valence-electron chi connectivity index (χ0n) is 14.8. The number of amides is 1. The van der Waals surface area contributed by atoms with Gasteiger partial charge in [0.2, 0.25) is 0 Å². The third-order valence-corrected chi connectivity index (χ3v) is 5.80. The summed E-state index contributed by atoms with van der Waals surface area (Å²) in [5.74, 6) is -0.201. The van der Waals surface area contributed by atoms with Crippen LogP contribution in [0.4, 0.5) is 4.39 Å². The highest BCUT2D eigenvalue weighted by atomic mass is 19.1. The van der Waals surface area contributed by atoms with Crippen molar-refractivity contribution >= 4 is 16.8 Å². The second kappa shape index (κ2) is 6.74. The van der Waals surface area contributed by atoms with Crippen molar-refractivity contribution in [2.45, 2.75) is 70.4 Å². The molecule has 0 atom stereocenters. The number of hydrogen-bond acceptors (Lipinski definition) is 2. The van der Waals surface area contributed by atoms with Gasteiger partial charge in [-0.25, -0.2) is 4.39 Å². The van der Waals surface area contributed by atoms with Crippen LogP contribution in [0.5, 0.6) is 0 Å². The van der Waals surface area contributed by atoms with Crippen LogP contribution in [0.15, 0.2) is 24.3 Å². The third kappa shape index (κ3) is 3.14. The van der Waals surface area contributed by atoms with E-state index in [9.17, 15) is 9.18 Å². The maximum absolute atomic E-state index is 13.6. The number of fused-ring (bicyclic) bond motifs is 1. The summed E-state index contributed by atoms with van der Waals surface area (Å²) in [6.45, 7) is 1.87. The molecule has 0 N–H and O–H groups in total. The highest BCUT2D eigenvalue weighted by Crippen LogP contribution is 2.34. The number of pyridine rings is 1. The topological polar surface area (TPSA) is 33.2 Å². The van der Waals surface area contributed by atoms with Gasteiger partial charge in [0, 0.05) is 29.2 Å². The van der Waals surface area contributed by atoms with Crippen LogP contribution >= 0.6 is 0 Å². The van der Waals surface area contributed by atoms with Crippen molar-refractivity contribution in [2.24, 2.45) is 0 Å². The second-order valence-electron chi connectivity index (χ2n) is 7.56. The molecule has 1 aromatic heterocycles. The molecule has 25 heavy (non-hydrogen) atoms. The van der Waals surface area contributed by atoms with Crippen LogP contribution in [-0.4, -0.2) is 27.9 Å². The van der Waals surface area contributed by atoms with E-state index in [4.69, 9.17) is 0 Å². The van der Waals surface area contributed by atoms with Crippen molar-refractivity contribution < 1.29 is 9.18 Å². The Bertz CT molecular complexity index is 771. The molecule has 0 aliphatic heterocycles. The Morgan fingerprint density at radius 1 is 1.04 bits per heavy atom. The lowest BCUT2D eigenvalue weighted by molar-refractivity contribution is 0.0582. The van der Waals surface area contributed by atoms with Crippen molar-refractivity contribution in [1.29, 1.82) is 0 Å². The van der Waals surface area contributed by atoms with E-state index in [1.165, 1.54) is 37.8 Å². The average molecular weight is 340 g/mol. The molecule has 0 radical (unpaired) electrons. The largest absolute Gasteiger partial charge is 0.333 e. The number of aromatic nitrogens is 1. The Balaban J connectivity index is 1.78. The van der Waals surface area contributed by atoms with Gasteiger partial charge in [0.25, 0.3) is 5.91 Å². The number of aryl methyl sites for hydroxylation is 1. The number of halogens is 1. The normalized spacial score (nSPS) is 19.0. The predicted molar refractivity (Wildman–Crippen MR) is 97.1 cm³/mol. The molecule has 2 aliphatic carbocycles. The first-order chi connectivity index (χ1) is 12.1. The highest BCUT2D eigenvalue weighted by Gasteiger charge is 2.35. The number of nitrogens with zero attached hydrogens (tertiary/aromatic N) is 2. The molecule has 3 nitrogen and oxygen atoms in total. The van der Waals surface area contributed by atoms with E-state index in [2.05, 4.69) is 9.88 Å². The molecule has 132 valence electrons. The molecule has 4 heteroatoms. The van der Waals surface area contributed by atoms with Crippen molar-refractivity contribution in [3.8, 4) is 0 Å². The van der Waals surface area contributed by atoms with Gasteiger partial charge < -0.3 is 4.90 Å². The fourth-order valence-corrected chi connectivity index (χ4v) is 4.64. The molecular formula is C21H25FN2O. The minimum atomic E-state index is -0.313. The number of carbonyl (C=O) groups excluding carboxylic acids is 1. The summed E-state index contributed by atoms with van der Waals surface area (Å²) in [6, 6.07) is 7.14. The number of hydrogen-bond donors (Lipinski definition) is 0. The lowest BCUT2D eigenvalue weighted by Gasteiger charge is -2.35. The van der Waals surface area contributed by atoms with Crippen LogP contribution in [0.1, 0.15) is 67.4 Å². The van der Waals surface area contributed by atoms with Gasteiger partial charge in [0.05, 0.1) is 11.1 Å². The molecular weight excluding hydrogens is 315 g/mol. The Kier molecular flexibility index (Phi) is 4.45. The Morgan fingerprint density at radius 2 is 1.64 bits per heavy atom. The summed E-state index contributed by atoms with van der Waals surface area (Å²) in [7, 11) is 0. The third-order valence-electron chi connectivity index (χ3n) is 5.80. The standard InChI is InChI=1S/C21H25FN2O/c1-14-12-19(18-11-10-15(22)13-20(18)23-14)21(25)24(16-6-2-3-7-16)17-8-4-5-9-17/h10-13,16-17H,2-9H2,1H3. The lowest BCUT2D eigenvalue weighted by atomic mass is 10.0. The maximum Gasteiger partial charge on any atom is 0.255 e. The molecule has 4 rings (SSSR count). The van der Waals surface area contributed by atoms with Crippen LogP contribution < -0.4 is 0 Å². The predicted octanol–water partition coefficient (Wildman–Crippen LogP) is 5.01. The Labute approximate surface area is 148 Å². The van der Waals surface area contributed by atoms with Crippen LogP contribution in [-0.2, 0) is 0 Å². The van der Waals surface area contributed by atoms with Crippen molar-refractivity contribution in [1.82, 2.24) is 9.88 Å². The molecule has 2 aromatic rings. The molecule has 1 amide bonds. The lowest BCUT2D eigenvalue weighted by Crippen LogP contribution is -2.45. The molecule has 0 bridgehead atoms. The highest BCUT2D eigenvalue weighted by molar-refractivity contribution is 6.06. The zero-order valence-corrected chi connectivity index (χ0v) is 14.8. The Hall–Kier alpha value is -1.97. The molecule has 2 aliphatic rings. The van der Waals surface area contributed by atoms with E-state index in [0.717, 1.165) is 36.8 Å². The van der Waals surface area contributed by atoms with Gasteiger partial charge in [0.15, 0.2) is 0 Å². The monoisotopic (exact) mass is 340 g/mol. The van der Waals surface area contributed by atoms with E-state index in [1.807, 2.05) is 13.0 Å². The van der Waals surface area contributed by atoms with Gasteiger partial charge in [-0.1, -0.05) is 25.7 Å². The van der Waals surface area contributed by atoms with Crippen molar-refractivity contribution in [3.63, 3.8) is 0 Å². The zero-order chi connectivity index (χ0) is 17.4. The molecule has 2 saturated carbocycles. The van der Waals surface area contributed by atoms with E-state index >= 15 is 0 Å². The van der Waals surface area contributed by atoms with Gasteiger partial charge >= 0.3 is 0 Å². The number of benzene rings is 1. The maximum atomic E-state index is 13.6. The van der Waals surface area contributed by atoms with Gasteiger partial charge in [-0.05, 0) is 50.8 Å². The smallest absolute Gasteiger partial charge is 0.255 e. The first-order valence-corrected chi connectivity index (χ1v) is 9.53. The van der Waals surface area contributed by atoms with E-state index in [1.54, 1.807) is 6.07 Å².